The number of halogens is 2. The molecule has 1 fully saturated rings. The Balaban J connectivity index is 2.28. The van der Waals surface area contributed by atoms with Crippen LogP contribution in [0.1, 0.15) is 24.4 Å². The van der Waals surface area contributed by atoms with E-state index in [0.717, 1.165) is 12.2 Å². The summed E-state index contributed by atoms with van der Waals surface area (Å²) in [7, 11) is 0. The molecule has 2 unspecified atom stereocenters. The standard InChI is InChI=1S/C11H14BrFN2S/c12-8-4-1-3-7(10(8)13)11(15-14)9-5-2-6-16-9/h1,3-4,9,11,15H,2,5-6,14H2. The first kappa shape index (κ1) is 12.4. The molecular weight excluding hydrogens is 291 g/mol. The Labute approximate surface area is 107 Å². The van der Waals surface area contributed by atoms with Crippen LogP contribution >= 0.6 is 27.7 Å². The van der Waals surface area contributed by atoms with Crippen LogP contribution in [0.2, 0.25) is 0 Å². The maximum Gasteiger partial charge on any atom is 0.142 e. The van der Waals surface area contributed by atoms with E-state index in [9.17, 15) is 4.39 Å². The molecule has 0 saturated carbocycles. The zero-order valence-electron chi connectivity index (χ0n) is 8.75. The molecule has 0 bridgehead atoms. The van der Waals surface area contributed by atoms with Gasteiger partial charge < -0.3 is 0 Å². The van der Waals surface area contributed by atoms with Gasteiger partial charge in [-0.25, -0.2) is 4.39 Å². The number of thioether (sulfide) groups is 1. The molecule has 1 saturated heterocycles. The van der Waals surface area contributed by atoms with Gasteiger partial charge in [-0.2, -0.15) is 11.8 Å². The Hall–Kier alpha value is -0.100. The topological polar surface area (TPSA) is 38.0 Å². The van der Waals surface area contributed by atoms with Gasteiger partial charge in [-0.1, -0.05) is 12.1 Å². The molecule has 1 aliphatic heterocycles. The van der Waals surface area contributed by atoms with Crippen molar-refractivity contribution < 1.29 is 4.39 Å². The molecule has 0 amide bonds. The summed E-state index contributed by atoms with van der Waals surface area (Å²) in [5.74, 6) is 6.49. The zero-order valence-corrected chi connectivity index (χ0v) is 11.2. The number of nitrogens with one attached hydrogen (secondary N) is 1. The van der Waals surface area contributed by atoms with Crippen LogP contribution in [0.5, 0.6) is 0 Å². The van der Waals surface area contributed by atoms with E-state index < -0.39 is 0 Å². The average molecular weight is 305 g/mol. The van der Waals surface area contributed by atoms with Gasteiger partial charge in [0.25, 0.3) is 0 Å². The Bertz CT molecular complexity index is 369. The molecule has 0 radical (unpaired) electrons. The lowest BCUT2D eigenvalue weighted by atomic mass is 10.0. The molecule has 1 aromatic rings. The highest BCUT2D eigenvalue weighted by Crippen LogP contribution is 2.37. The minimum absolute atomic E-state index is 0.106. The first-order valence-corrected chi connectivity index (χ1v) is 7.10. The molecule has 2 nitrogen and oxygen atoms in total. The lowest BCUT2D eigenvalue weighted by molar-refractivity contribution is 0.487. The second-order valence-electron chi connectivity index (χ2n) is 3.84. The molecule has 88 valence electrons. The fraction of sp³-hybridized carbons (Fsp3) is 0.455. The SMILES string of the molecule is NNC(c1cccc(Br)c1F)C1CCCS1. The van der Waals surface area contributed by atoms with Crippen LogP contribution in [0.25, 0.3) is 0 Å². The first-order chi connectivity index (χ1) is 7.74. The summed E-state index contributed by atoms with van der Waals surface area (Å²) >= 11 is 5.06. The smallest absolute Gasteiger partial charge is 0.142 e. The van der Waals surface area contributed by atoms with Gasteiger partial charge in [-0.15, -0.1) is 0 Å². The maximum absolute atomic E-state index is 13.9. The van der Waals surface area contributed by atoms with Gasteiger partial charge in [-0.3, -0.25) is 11.3 Å². The van der Waals surface area contributed by atoms with Crippen LogP contribution in [-0.2, 0) is 0 Å². The Morgan fingerprint density at radius 1 is 1.56 bits per heavy atom. The number of hydrogen-bond acceptors (Lipinski definition) is 3. The molecule has 5 heteroatoms. The predicted octanol–water partition coefficient (Wildman–Crippen LogP) is 2.99. The van der Waals surface area contributed by atoms with Crippen molar-refractivity contribution in [3.63, 3.8) is 0 Å². The highest BCUT2D eigenvalue weighted by Gasteiger charge is 2.28. The lowest BCUT2D eigenvalue weighted by Crippen LogP contribution is -2.34. The van der Waals surface area contributed by atoms with Crippen LogP contribution in [0.3, 0.4) is 0 Å². The van der Waals surface area contributed by atoms with Crippen molar-refractivity contribution in [2.24, 2.45) is 5.84 Å². The second-order valence-corrected chi connectivity index (χ2v) is 6.04. The van der Waals surface area contributed by atoms with Crippen molar-refractivity contribution >= 4 is 27.7 Å². The summed E-state index contributed by atoms with van der Waals surface area (Å²) in [5, 5.41) is 0.369. The number of hydrogen-bond donors (Lipinski definition) is 2. The third-order valence-electron chi connectivity index (χ3n) is 2.83. The van der Waals surface area contributed by atoms with Crippen LogP contribution in [-0.4, -0.2) is 11.0 Å². The van der Waals surface area contributed by atoms with Gasteiger partial charge in [-0.05, 0) is 40.6 Å². The molecule has 2 atom stereocenters. The minimum Gasteiger partial charge on any atom is -0.271 e. The van der Waals surface area contributed by atoms with E-state index in [2.05, 4.69) is 21.4 Å². The second kappa shape index (κ2) is 5.49. The van der Waals surface area contributed by atoms with Gasteiger partial charge in [0.1, 0.15) is 5.82 Å². The minimum atomic E-state index is -0.210. The molecule has 16 heavy (non-hydrogen) atoms. The van der Waals surface area contributed by atoms with Gasteiger partial charge >= 0.3 is 0 Å². The molecule has 0 aromatic heterocycles. The lowest BCUT2D eigenvalue weighted by Gasteiger charge is -2.23. The maximum atomic E-state index is 13.9. The number of nitrogens with two attached hydrogens (primary N) is 1. The van der Waals surface area contributed by atoms with E-state index in [0.29, 0.717) is 15.3 Å². The summed E-state index contributed by atoms with van der Waals surface area (Å²) in [4.78, 5) is 0. The van der Waals surface area contributed by atoms with Crippen LogP contribution < -0.4 is 11.3 Å². The van der Waals surface area contributed by atoms with Gasteiger partial charge in [0.15, 0.2) is 0 Å². The van der Waals surface area contributed by atoms with Crippen molar-refractivity contribution in [1.82, 2.24) is 5.43 Å². The molecule has 1 heterocycles. The van der Waals surface area contributed by atoms with Crippen LogP contribution in [0.4, 0.5) is 4.39 Å². The summed E-state index contributed by atoms with van der Waals surface area (Å²) in [6.07, 6.45) is 2.27. The summed E-state index contributed by atoms with van der Waals surface area (Å²) in [6, 6.07) is 5.23. The third kappa shape index (κ3) is 2.42. The predicted molar refractivity (Wildman–Crippen MR) is 69.6 cm³/mol. The Morgan fingerprint density at radius 3 is 3.00 bits per heavy atom. The Morgan fingerprint density at radius 2 is 2.38 bits per heavy atom. The molecule has 3 N–H and O–H groups in total. The summed E-state index contributed by atoms with van der Waals surface area (Å²) < 4.78 is 14.4. The van der Waals surface area contributed by atoms with E-state index >= 15 is 0 Å². The van der Waals surface area contributed by atoms with E-state index in [-0.39, 0.29) is 11.9 Å². The van der Waals surface area contributed by atoms with E-state index in [4.69, 9.17) is 5.84 Å². The number of hydrazine groups is 1. The van der Waals surface area contributed by atoms with E-state index in [1.54, 1.807) is 12.1 Å². The van der Waals surface area contributed by atoms with E-state index in [1.807, 2.05) is 17.8 Å². The number of rotatable bonds is 3. The average Bonchev–Trinajstić information content (AvgIpc) is 2.79. The van der Waals surface area contributed by atoms with Gasteiger partial charge in [0, 0.05) is 10.8 Å². The zero-order chi connectivity index (χ0) is 11.5. The third-order valence-corrected chi connectivity index (χ3v) is 4.91. The summed E-state index contributed by atoms with van der Waals surface area (Å²) in [5.41, 5.74) is 3.40. The molecule has 1 aromatic carbocycles. The number of benzene rings is 1. The fourth-order valence-corrected chi connectivity index (χ4v) is 3.79. The first-order valence-electron chi connectivity index (χ1n) is 5.25. The summed E-state index contributed by atoms with van der Waals surface area (Å²) in [6.45, 7) is 0. The highest BCUT2D eigenvalue weighted by molar-refractivity contribution is 9.10. The Kier molecular flexibility index (Phi) is 4.24. The monoisotopic (exact) mass is 304 g/mol. The van der Waals surface area contributed by atoms with Crippen molar-refractivity contribution in [3.05, 3.63) is 34.1 Å². The molecule has 2 rings (SSSR count). The van der Waals surface area contributed by atoms with Crippen molar-refractivity contribution in [2.45, 2.75) is 24.1 Å². The van der Waals surface area contributed by atoms with E-state index in [1.165, 1.54) is 6.42 Å². The normalized spacial score (nSPS) is 22.3. The van der Waals surface area contributed by atoms with Crippen LogP contribution in [0, 0.1) is 5.82 Å². The molecular formula is C11H14BrFN2S. The van der Waals surface area contributed by atoms with Crippen molar-refractivity contribution in [3.8, 4) is 0 Å². The molecule has 0 spiro atoms. The van der Waals surface area contributed by atoms with Crippen molar-refractivity contribution in [1.29, 1.82) is 0 Å². The van der Waals surface area contributed by atoms with Gasteiger partial charge in [0.2, 0.25) is 0 Å². The molecule has 0 aliphatic carbocycles. The largest absolute Gasteiger partial charge is 0.271 e. The van der Waals surface area contributed by atoms with Crippen molar-refractivity contribution in [2.75, 3.05) is 5.75 Å². The molecule has 1 aliphatic rings. The highest BCUT2D eigenvalue weighted by atomic mass is 79.9. The van der Waals surface area contributed by atoms with Crippen LogP contribution in [0.15, 0.2) is 22.7 Å². The quantitative estimate of drug-likeness (QED) is 0.666. The van der Waals surface area contributed by atoms with Gasteiger partial charge in [0.05, 0.1) is 10.5 Å². The fourth-order valence-electron chi connectivity index (χ4n) is 2.02.